The van der Waals surface area contributed by atoms with Crippen LogP contribution in [0.15, 0.2) is 0 Å². The second-order valence-electron chi connectivity index (χ2n) is 3.58. The van der Waals surface area contributed by atoms with E-state index in [1.54, 1.807) is 0 Å². The normalized spacial score (nSPS) is 23.5. The Morgan fingerprint density at radius 1 is 1.18 bits per heavy atom. The number of halogens is 1. The monoisotopic (exact) mass is 220 g/mol. The molecule has 1 nitrogen and oxygen atoms in total. The Morgan fingerprint density at radius 2 is 1.82 bits per heavy atom. The van der Waals surface area contributed by atoms with Gasteiger partial charge in [-0.1, -0.05) is 15.9 Å². The summed E-state index contributed by atoms with van der Waals surface area (Å²) in [5.74, 6) is 0. The van der Waals surface area contributed by atoms with Crippen LogP contribution in [0.4, 0.5) is 0 Å². The Morgan fingerprint density at radius 3 is 2.27 bits per heavy atom. The molecule has 0 bridgehead atoms. The quantitative estimate of drug-likeness (QED) is 0.507. The standard InChI is InChI=1S/C9H19BrN/c1-2-11(9-6-10)7-4-3-5-8-11/h2-9H2,1H3/q+1. The number of nitrogens with zero attached hydrogens (tertiary/aromatic N) is 1. The second kappa shape index (κ2) is 4.46. The molecule has 2 heteroatoms. The maximum Gasteiger partial charge on any atom is 0.0885 e. The van der Waals surface area contributed by atoms with Crippen LogP contribution in [0.1, 0.15) is 26.2 Å². The largest absolute Gasteiger partial charge is 0.323 e. The van der Waals surface area contributed by atoms with E-state index >= 15 is 0 Å². The highest BCUT2D eigenvalue weighted by atomic mass is 79.9. The molecule has 0 aromatic carbocycles. The van der Waals surface area contributed by atoms with Crippen LogP contribution in [-0.4, -0.2) is 36.0 Å². The van der Waals surface area contributed by atoms with Crippen molar-refractivity contribution in [3.05, 3.63) is 0 Å². The predicted molar refractivity (Wildman–Crippen MR) is 53.0 cm³/mol. The zero-order chi connectivity index (χ0) is 8.16. The smallest absolute Gasteiger partial charge is 0.0885 e. The lowest BCUT2D eigenvalue weighted by Gasteiger charge is -2.40. The molecule has 0 aromatic rings. The van der Waals surface area contributed by atoms with Gasteiger partial charge in [-0.15, -0.1) is 0 Å². The van der Waals surface area contributed by atoms with E-state index in [1.165, 1.54) is 55.3 Å². The van der Waals surface area contributed by atoms with E-state index in [0.717, 1.165) is 0 Å². The van der Waals surface area contributed by atoms with E-state index in [0.29, 0.717) is 0 Å². The molecule has 0 atom stereocenters. The number of piperidine rings is 1. The molecule has 0 amide bonds. The van der Waals surface area contributed by atoms with Gasteiger partial charge in [0.1, 0.15) is 0 Å². The molecule has 11 heavy (non-hydrogen) atoms. The van der Waals surface area contributed by atoms with Crippen LogP contribution in [0.25, 0.3) is 0 Å². The highest BCUT2D eigenvalue weighted by Crippen LogP contribution is 2.18. The van der Waals surface area contributed by atoms with Crippen molar-refractivity contribution in [2.45, 2.75) is 26.2 Å². The number of likely N-dealkylation sites (tertiary alicyclic amines) is 1. The molecule has 1 fully saturated rings. The molecule has 1 rings (SSSR count). The summed E-state index contributed by atoms with van der Waals surface area (Å²) in [5.41, 5.74) is 0. The molecule has 0 saturated carbocycles. The fourth-order valence-electron chi connectivity index (χ4n) is 2.06. The fourth-order valence-corrected chi connectivity index (χ4v) is 2.81. The van der Waals surface area contributed by atoms with Crippen LogP contribution in [-0.2, 0) is 0 Å². The zero-order valence-electron chi connectivity index (χ0n) is 7.48. The summed E-state index contributed by atoms with van der Waals surface area (Å²) in [5, 5.41) is 1.17. The molecule has 1 heterocycles. The van der Waals surface area contributed by atoms with Crippen molar-refractivity contribution in [1.82, 2.24) is 0 Å². The van der Waals surface area contributed by atoms with Crippen LogP contribution >= 0.6 is 15.9 Å². The molecule has 0 unspecified atom stereocenters. The summed E-state index contributed by atoms with van der Waals surface area (Å²) in [6.45, 7) is 7.82. The highest BCUT2D eigenvalue weighted by Gasteiger charge is 2.26. The van der Waals surface area contributed by atoms with Gasteiger partial charge in [0.2, 0.25) is 0 Å². The molecule has 1 saturated heterocycles. The van der Waals surface area contributed by atoms with E-state index < -0.39 is 0 Å². The third-order valence-electron chi connectivity index (χ3n) is 2.99. The minimum atomic E-state index is 1.17. The molecule has 0 spiro atoms. The van der Waals surface area contributed by atoms with Gasteiger partial charge in [-0.2, -0.15) is 0 Å². The van der Waals surface area contributed by atoms with E-state index in [4.69, 9.17) is 0 Å². The van der Waals surface area contributed by atoms with Crippen LogP contribution in [0, 0.1) is 0 Å². The lowest BCUT2D eigenvalue weighted by Crippen LogP contribution is -2.52. The lowest BCUT2D eigenvalue weighted by atomic mass is 10.1. The number of alkyl halides is 1. The third-order valence-corrected chi connectivity index (χ3v) is 3.35. The Kier molecular flexibility index (Phi) is 3.86. The molecule has 1 aliphatic rings. The van der Waals surface area contributed by atoms with Crippen LogP contribution in [0.5, 0.6) is 0 Å². The van der Waals surface area contributed by atoms with Crippen molar-refractivity contribution >= 4 is 15.9 Å². The molecule has 1 aliphatic heterocycles. The molecule has 66 valence electrons. The minimum absolute atomic E-state index is 1.17. The minimum Gasteiger partial charge on any atom is -0.323 e. The maximum atomic E-state index is 3.55. The van der Waals surface area contributed by atoms with Crippen molar-refractivity contribution in [2.24, 2.45) is 0 Å². The number of hydrogen-bond acceptors (Lipinski definition) is 0. The number of quaternary nitrogens is 1. The van der Waals surface area contributed by atoms with Crippen molar-refractivity contribution in [3.8, 4) is 0 Å². The molecule has 0 aliphatic carbocycles. The van der Waals surface area contributed by atoms with Crippen molar-refractivity contribution < 1.29 is 4.48 Å². The Hall–Kier alpha value is 0.440. The summed E-state index contributed by atoms with van der Waals surface area (Å²) in [6, 6.07) is 0. The molecular formula is C9H19BrN+. The van der Waals surface area contributed by atoms with Gasteiger partial charge in [0.15, 0.2) is 0 Å². The van der Waals surface area contributed by atoms with Crippen molar-refractivity contribution in [2.75, 3.05) is 31.5 Å². The fraction of sp³-hybridized carbons (Fsp3) is 1.00. The highest BCUT2D eigenvalue weighted by molar-refractivity contribution is 9.09. The van der Waals surface area contributed by atoms with Gasteiger partial charge in [-0.05, 0) is 26.2 Å². The van der Waals surface area contributed by atoms with E-state index in [2.05, 4.69) is 22.9 Å². The van der Waals surface area contributed by atoms with Gasteiger partial charge in [0.25, 0.3) is 0 Å². The first kappa shape index (κ1) is 9.53. The maximum absolute atomic E-state index is 3.55. The van der Waals surface area contributed by atoms with Gasteiger partial charge < -0.3 is 4.48 Å². The molecular weight excluding hydrogens is 202 g/mol. The molecule has 0 radical (unpaired) electrons. The number of hydrogen-bond donors (Lipinski definition) is 0. The third kappa shape index (κ3) is 2.45. The molecule has 0 aromatic heterocycles. The Balaban J connectivity index is 2.42. The summed E-state index contributed by atoms with van der Waals surface area (Å²) in [4.78, 5) is 0. The average molecular weight is 221 g/mol. The first-order valence-corrected chi connectivity index (χ1v) is 5.86. The van der Waals surface area contributed by atoms with Gasteiger partial charge in [0, 0.05) is 0 Å². The Labute approximate surface area is 78.5 Å². The van der Waals surface area contributed by atoms with E-state index in [-0.39, 0.29) is 0 Å². The van der Waals surface area contributed by atoms with Gasteiger partial charge in [-0.3, -0.25) is 0 Å². The Bertz CT molecular complexity index is 103. The van der Waals surface area contributed by atoms with Crippen LogP contribution in [0.2, 0.25) is 0 Å². The lowest BCUT2D eigenvalue weighted by molar-refractivity contribution is -0.928. The van der Waals surface area contributed by atoms with Crippen molar-refractivity contribution in [3.63, 3.8) is 0 Å². The van der Waals surface area contributed by atoms with Crippen LogP contribution < -0.4 is 0 Å². The van der Waals surface area contributed by atoms with Gasteiger partial charge in [0.05, 0.1) is 31.5 Å². The van der Waals surface area contributed by atoms with E-state index in [1.807, 2.05) is 0 Å². The van der Waals surface area contributed by atoms with Gasteiger partial charge in [-0.25, -0.2) is 0 Å². The second-order valence-corrected chi connectivity index (χ2v) is 4.37. The SMILES string of the molecule is CC[N+]1(CCBr)CCCCC1. The summed E-state index contributed by atoms with van der Waals surface area (Å²) in [6.07, 6.45) is 4.35. The topological polar surface area (TPSA) is 0 Å². The molecule has 0 N–H and O–H groups in total. The summed E-state index contributed by atoms with van der Waals surface area (Å²) < 4.78 is 1.37. The van der Waals surface area contributed by atoms with Gasteiger partial charge >= 0.3 is 0 Å². The summed E-state index contributed by atoms with van der Waals surface area (Å²) >= 11 is 3.55. The first-order chi connectivity index (χ1) is 5.33. The predicted octanol–water partition coefficient (Wildman–Crippen LogP) is 2.40. The number of rotatable bonds is 3. The first-order valence-electron chi connectivity index (χ1n) is 4.74. The van der Waals surface area contributed by atoms with E-state index in [9.17, 15) is 0 Å². The average Bonchev–Trinajstić information content (AvgIpc) is 2.07. The summed E-state index contributed by atoms with van der Waals surface area (Å²) in [7, 11) is 0. The van der Waals surface area contributed by atoms with Crippen LogP contribution in [0.3, 0.4) is 0 Å². The van der Waals surface area contributed by atoms with Crippen molar-refractivity contribution in [1.29, 1.82) is 0 Å². The zero-order valence-corrected chi connectivity index (χ0v) is 9.07.